The third kappa shape index (κ3) is 2.31. The number of ether oxygens (including phenoxy) is 1. The normalized spacial score (nSPS) is 10.8. The van der Waals surface area contributed by atoms with E-state index in [1.807, 2.05) is 43.5 Å². The van der Waals surface area contributed by atoms with Crippen LogP contribution in [-0.4, -0.2) is 9.36 Å². The highest BCUT2D eigenvalue weighted by Crippen LogP contribution is 2.30. The number of aryl methyl sites for hydroxylation is 1. The highest BCUT2D eigenvalue weighted by Gasteiger charge is 2.11. The molecule has 0 aliphatic heterocycles. The van der Waals surface area contributed by atoms with E-state index in [4.69, 9.17) is 4.74 Å². The zero-order valence-electron chi connectivity index (χ0n) is 10.6. The zero-order chi connectivity index (χ0) is 13.2. The molecule has 1 aromatic carbocycles. The van der Waals surface area contributed by atoms with Crippen LogP contribution in [0, 0.1) is 13.8 Å². The van der Waals surface area contributed by atoms with Gasteiger partial charge in [0.25, 0.3) is 0 Å². The van der Waals surface area contributed by atoms with Crippen molar-refractivity contribution in [2.45, 2.75) is 13.5 Å². The molecule has 2 aromatic heterocycles. The molecular weight excluding hydrogens is 256 g/mol. The van der Waals surface area contributed by atoms with E-state index in [0.717, 1.165) is 26.9 Å². The van der Waals surface area contributed by atoms with E-state index < -0.39 is 0 Å². The van der Waals surface area contributed by atoms with Crippen molar-refractivity contribution in [2.75, 3.05) is 0 Å². The van der Waals surface area contributed by atoms with Gasteiger partial charge in [0, 0.05) is 17.1 Å². The molecule has 95 valence electrons. The molecular formula is C15H13N2OS. The number of hydrogen-bond donors (Lipinski definition) is 0. The number of pyridine rings is 1. The molecule has 0 amide bonds. The Morgan fingerprint density at radius 2 is 2.05 bits per heavy atom. The minimum atomic E-state index is 0.499. The predicted molar refractivity (Wildman–Crippen MR) is 77.4 cm³/mol. The SMILES string of the molecule is [CH2]c1c(OCc2ccccc2)nc(C)c2sncc12. The van der Waals surface area contributed by atoms with Crippen LogP contribution >= 0.6 is 11.5 Å². The van der Waals surface area contributed by atoms with E-state index >= 15 is 0 Å². The topological polar surface area (TPSA) is 35.0 Å². The van der Waals surface area contributed by atoms with Gasteiger partial charge in [-0.05, 0) is 30.9 Å². The maximum absolute atomic E-state index is 5.78. The number of hydrogen-bond acceptors (Lipinski definition) is 4. The smallest absolute Gasteiger partial charge is 0.217 e. The van der Waals surface area contributed by atoms with Gasteiger partial charge in [-0.2, -0.15) is 4.37 Å². The van der Waals surface area contributed by atoms with Crippen molar-refractivity contribution < 1.29 is 4.74 Å². The van der Waals surface area contributed by atoms with Crippen molar-refractivity contribution in [3.05, 3.63) is 60.3 Å². The predicted octanol–water partition coefficient (Wildman–Crippen LogP) is 3.76. The van der Waals surface area contributed by atoms with Gasteiger partial charge in [0.2, 0.25) is 5.88 Å². The molecule has 0 unspecified atom stereocenters. The van der Waals surface area contributed by atoms with Crippen LogP contribution in [0.4, 0.5) is 0 Å². The highest BCUT2D eigenvalue weighted by molar-refractivity contribution is 7.13. The van der Waals surface area contributed by atoms with Crippen LogP contribution in [0.3, 0.4) is 0 Å². The lowest BCUT2D eigenvalue weighted by Gasteiger charge is -2.10. The van der Waals surface area contributed by atoms with Crippen molar-refractivity contribution in [3.8, 4) is 5.88 Å². The van der Waals surface area contributed by atoms with Gasteiger partial charge in [0.05, 0.1) is 10.4 Å². The van der Waals surface area contributed by atoms with Gasteiger partial charge in [-0.15, -0.1) is 0 Å². The van der Waals surface area contributed by atoms with Gasteiger partial charge < -0.3 is 4.74 Å². The summed E-state index contributed by atoms with van der Waals surface area (Å²) >= 11 is 1.44. The van der Waals surface area contributed by atoms with Gasteiger partial charge >= 0.3 is 0 Å². The Balaban J connectivity index is 1.91. The van der Waals surface area contributed by atoms with Crippen molar-refractivity contribution in [1.29, 1.82) is 0 Å². The Labute approximate surface area is 116 Å². The molecule has 1 radical (unpaired) electrons. The minimum absolute atomic E-state index is 0.499. The summed E-state index contributed by atoms with van der Waals surface area (Å²) in [5.74, 6) is 0.592. The molecule has 0 atom stereocenters. The summed E-state index contributed by atoms with van der Waals surface area (Å²) in [6.07, 6.45) is 1.83. The second kappa shape index (κ2) is 4.97. The Hall–Kier alpha value is -1.94. The Morgan fingerprint density at radius 3 is 2.84 bits per heavy atom. The Kier molecular flexibility index (Phi) is 3.17. The molecule has 0 aliphatic carbocycles. The summed E-state index contributed by atoms with van der Waals surface area (Å²) in [6.45, 7) is 6.52. The summed E-state index contributed by atoms with van der Waals surface area (Å²) in [5, 5.41) is 1.03. The van der Waals surface area contributed by atoms with E-state index in [1.54, 1.807) is 0 Å². The van der Waals surface area contributed by atoms with Gasteiger partial charge in [-0.3, -0.25) is 0 Å². The van der Waals surface area contributed by atoms with Crippen LogP contribution in [0.5, 0.6) is 5.88 Å². The van der Waals surface area contributed by atoms with Crippen LogP contribution in [0.2, 0.25) is 0 Å². The van der Waals surface area contributed by atoms with E-state index in [0.29, 0.717) is 12.5 Å². The first-order chi connectivity index (χ1) is 9.25. The van der Waals surface area contributed by atoms with Crippen molar-refractivity contribution >= 4 is 21.6 Å². The van der Waals surface area contributed by atoms with E-state index in [9.17, 15) is 0 Å². The maximum Gasteiger partial charge on any atom is 0.217 e. The molecule has 0 fully saturated rings. The number of rotatable bonds is 3. The fourth-order valence-corrected chi connectivity index (χ4v) is 2.66. The lowest BCUT2D eigenvalue weighted by Crippen LogP contribution is -2.00. The third-order valence-electron chi connectivity index (χ3n) is 2.97. The molecule has 0 spiro atoms. The lowest BCUT2D eigenvalue weighted by molar-refractivity contribution is 0.293. The second-order valence-corrected chi connectivity index (χ2v) is 5.13. The van der Waals surface area contributed by atoms with Crippen molar-refractivity contribution in [3.63, 3.8) is 0 Å². The molecule has 2 heterocycles. The maximum atomic E-state index is 5.78. The number of aromatic nitrogens is 2. The molecule has 0 N–H and O–H groups in total. The van der Waals surface area contributed by atoms with Gasteiger partial charge in [-0.1, -0.05) is 30.3 Å². The largest absolute Gasteiger partial charge is 0.473 e. The quantitative estimate of drug-likeness (QED) is 0.726. The van der Waals surface area contributed by atoms with E-state index in [1.165, 1.54) is 11.5 Å². The van der Waals surface area contributed by atoms with Crippen LogP contribution in [-0.2, 0) is 6.61 Å². The first-order valence-electron chi connectivity index (χ1n) is 5.99. The van der Waals surface area contributed by atoms with Crippen LogP contribution in [0.25, 0.3) is 10.1 Å². The van der Waals surface area contributed by atoms with E-state index in [-0.39, 0.29) is 0 Å². The Morgan fingerprint density at radius 1 is 1.26 bits per heavy atom. The molecule has 0 saturated carbocycles. The summed E-state index contributed by atoms with van der Waals surface area (Å²) < 4.78 is 11.1. The molecule has 0 bridgehead atoms. The van der Waals surface area contributed by atoms with Gasteiger partial charge in [0.15, 0.2) is 0 Å². The molecule has 3 nitrogen and oxygen atoms in total. The molecule has 19 heavy (non-hydrogen) atoms. The van der Waals surface area contributed by atoms with Crippen LogP contribution in [0.15, 0.2) is 36.5 Å². The van der Waals surface area contributed by atoms with Gasteiger partial charge in [-0.25, -0.2) is 4.98 Å². The minimum Gasteiger partial charge on any atom is -0.473 e. The van der Waals surface area contributed by atoms with Crippen molar-refractivity contribution in [1.82, 2.24) is 9.36 Å². The average Bonchev–Trinajstić information content (AvgIpc) is 2.92. The van der Waals surface area contributed by atoms with Crippen LogP contribution < -0.4 is 4.74 Å². The fourth-order valence-electron chi connectivity index (χ4n) is 1.95. The average molecular weight is 269 g/mol. The standard InChI is InChI=1S/C15H13N2OS/c1-10-13-8-16-19-14(13)11(2)17-15(10)18-9-12-6-4-3-5-7-12/h3-8H,1,9H2,2H3. The summed E-state index contributed by atoms with van der Waals surface area (Å²) in [4.78, 5) is 4.47. The number of benzene rings is 1. The summed E-state index contributed by atoms with van der Waals surface area (Å²) in [7, 11) is 0. The molecule has 4 heteroatoms. The third-order valence-corrected chi connectivity index (χ3v) is 3.88. The monoisotopic (exact) mass is 269 g/mol. The molecule has 3 rings (SSSR count). The number of nitrogens with zero attached hydrogens (tertiary/aromatic N) is 2. The molecule has 3 aromatic rings. The second-order valence-electron chi connectivity index (χ2n) is 4.32. The summed E-state index contributed by atoms with van der Waals surface area (Å²) in [6, 6.07) is 10.0. The lowest BCUT2D eigenvalue weighted by atomic mass is 10.2. The molecule has 0 saturated heterocycles. The fraction of sp³-hybridized carbons (Fsp3) is 0.133. The first kappa shape index (κ1) is 12.1. The van der Waals surface area contributed by atoms with Crippen LogP contribution in [0.1, 0.15) is 16.8 Å². The van der Waals surface area contributed by atoms with E-state index in [2.05, 4.69) is 16.3 Å². The highest BCUT2D eigenvalue weighted by atomic mass is 32.1. The summed E-state index contributed by atoms with van der Waals surface area (Å²) in [5.41, 5.74) is 2.86. The van der Waals surface area contributed by atoms with Crippen molar-refractivity contribution in [2.24, 2.45) is 0 Å². The molecule has 0 aliphatic rings. The Bertz CT molecular complexity index is 707. The van der Waals surface area contributed by atoms with Gasteiger partial charge in [0.1, 0.15) is 6.61 Å². The first-order valence-corrected chi connectivity index (χ1v) is 6.76. The zero-order valence-corrected chi connectivity index (χ0v) is 11.4. The number of fused-ring (bicyclic) bond motifs is 1.